The maximum Gasteiger partial charge on any atom is 0.245 e. The number of benzene rings is 1. The fourth-order valence-electron chi connectivity index (χ4n) is 3.94. The number of pyridine rings is 1. The topological polar surface area (TPSA) is 106 Å². The smallest absolute Gasteiger partial charge is 0.243 e. The van der Waals surface area contributed by atoms with Gasteiger partial charge in [-0.15, -0.1) is 0 Å². The second-order valence-electron chi connectivity index (χ2n) is 7.04. The molecule has 1 aliphatic heterocycles. The van der Waals surface area contributed by atoms with Crippen LogP contribution in [0.15, 0.2) is 46.3 Å². The Labute approximate surface area is 161 Å². The third-order valence-corrected chi connectivity index (χ3v) is 7.35. The van der Waals surface area contributed by atoms with Crippen LogP contribution in [0.3, 0.4) is 0 Å². The Bertz CT molecular complexity index is 1270. The van der Waals surface area contributed by atoms with Crippen molar-refractivity contribution in [3.05, 3.63) is 47.9 Å². The van der Waals surface area contributed by atoms with E-state index in [0.717, 1.165) is 24.1 Å². The van der Waals surface area contributed by atoms with E-state index in [1.165, 1.54) is 16.2 Å². The van der Waals surface area contributed by atoms with Crippen LogP contribution in [0.5, 0.6) is 0 Å². The fourth-order valence-corrected chi connectivity index (χ4v) is 5.54. The van der Waals surface area contributed by atoms with Gasteiger partial charge in [-0.05, 0) is 65.3 Å². The zero-order valence-electron chi connectivity index (χ0n) is 15.2. The molecule has 1 saturated heterocycles. The number of nitrogens with zero attached hydrogens (tertiary/aromatic N) is 6. The maximum absolute atomic E-state index is 13.1. The van der Waals surface area contributed by atoms with Crippen LogP contribution in [-0.2, 0) is 10.0 Å². The van der Waals surface area contributed by atoms with Crippen molar-refractivity contribution >= 4 is 26.7 Å². The highest BCUT2D eigenvalue weighted by Gasteiger charge is 2.32. The molecule has 0 saturated carbocycles. The van der Waals surface area contributed by atoms with Gasteiger partial charge < -0.3 is 0 Å². The molecule has 0 aliphatic carbocycles. The number of hydrogen-bond donors (Lipinski definition) is 0. The van der Waals surface area contributed by atoms with Crippen molar-refractivity contribution in [1.82, 2.24) is 29.2 Å². The summed E-state index contributed by atoms with van der Waals surface area (Å²) in [6, 6.07) is 6.91. The molecule has 0 amide bonds. The van der Waals surface area contributed by atoms with Crippen LogP contribution in [0.25, 0.3) is 16.7 Å². The van der Waals surface area contributed by atoms with Crippen molar-refractivity contribution in [2.24, 2.45) is 0 Å². The van der Waals surface area contributed by atoms with Gasteiger partial charge in [0.2, 0.25) is 10.0 Å². The van der Waals surface area contributed by atoms with Crippen LogP contribution in [0.1, 0.15) is 29.9 Å². The Morgan fingerprint density at radius 3 is 2.82 bits per heavy atom. The predicted octanol–water partition coefficient (Wildman–Crippen LogP) is 2.14. The van der Waals surface area contributed by atoms with Crippen molar-refractivity contribution in [3.8, 4) is 0 Å². The van der Waals surface area contributed by atoms with E-state index < -0.39 is 10.0 Å². The van der Waals surface area contributed by atoms with Crippen molar-refractivity contribution in [2.75, 3.05) is 13.1 Å². The summed E-state index contributed by atoms with van der Waals surface area (Å²) in [5.41, 5.74) is 3.87. The Balaban J connectivity index is 1.40. The minimum absolute atomic E-state index is 0.143. The molecule has 9 nitrogen and oxygen atoms in total. The summed E-state index contributed by atoms with van der Waals surface area (Å²) in [6.45, 7) is 2.96. The molecule has 0 spiro atoms. The molecule has 28 heavy (non-hydrogen) atoms. The number of aromatic nitrogens is 5. The summed E-state index contributed by atoms with van der Waals surface area (Å²) in [5, 5.41) is 11.7. The Hall–Kier alpha value is -2.85. The minimum Gasteiger partial charge on any atom is -0.243 e. The van der Waals surface area contributed by atoms with Gasteiger partial charge in [0, 0.05) is 19.3 Å². The zero-order valence-corrected chi connectivity index (χ0v) is 16.0. The third kappa shape index (κ3) is 2.68. The van der Waals surface area contributed by atoms with Crippen LogP contribution in [-0.4, -0.2) is 50.7 Å². The Kier molecular flexibility index (Phi) is 3.91. The average Bonchev–Trinajstić information content (AvgIpc) is 3.35. The molecular formula is C18H18N6O3S. The molecule has 1 aliphatic rings. The zero-order chi connectivity index (χ0) is 19.3. The third-order valence-electron chi connectivity index (χ3n) is 5.42. The monoisotopic (exact) mass is 398 g/mol. The molecule has 4 aromatic rings. The predicted molar refractivity (Wildman–Crippen MR) is 100 cm³/mol. The van der Waals surface area contributed by atoms with E-state index in [2.05, 4.69) is 27.3 Å². The lowest BCUT2D eigenvalue weighted by Crippen LogP contribution is -2.38. The number of aryl methyl sites for hydroxylation is 1. The fraction of sp³-hybridized carbons (Fsp3) is 0.333. The van der Waals surface area contributed by atoms with Gasteiger partial charge in [-0.3, -0.25) is 0 Å². The Morgan fingerprint density at radius 2 is 2.00 bits per heavy atom. The normalized spacial score (nSPS) is 16.9. The van der Waals surface area contributed by atoms with Gasteiger partial charge in [0.1, 0.15) is 16.7 Å². The van der Waals surface area contributed by atoms with E-state index in [4.69, 9.17) is 4.63 Å². The largest absolute Gasteiger partial charge is 0.245 e. The molecule has 10 heteroatoms. The average molecular weight is 398 g/mol. The van der Waals surface area contributed by atoms with Gasteiger partial charge in [0.05, 0.1) is 0 Å². The SMILES string of the molecule is Cc1cc2ncnn2cc1C1CCN(S(=O)(=O)c2cccc3nonc23)CC1. The van der Waals surface area contributed by atoms with Crippen molar-refractivity contribution < 1.29 is 13.0 Å². The van der Waals surface area contributed by atoms with Gasteiger partial charge in [-0.1, -0.05) is 6.07 Å². The van der Waals surface area contributed by atoms with E-state index in [0.29, 0.717) is 18.6 Å². The summed E-state index contributed by atoms with van der Waals surface area (Å²) in [6.07, 6.45) is 5.03. The van der Waals surface area contributed by atoms with E-state index in [1.54, 1.807) is 22.7 Å². The van der Waals surface area contributed by atoms with Gasteiger partial charge in [0.15, 0.2) is 11.2 Å². The van der Waals surface area contributed by atoms with Crippen LogP contribution in [0.2, 0.25) is 0 Å². The number of rotatable bonds is 3. The van der Waals surface area contributed by atoms with Crippen LogP contribution >= 0.6 is 0 Å². The van der Waals surface area contributed by atoms with E-state index in [9.17, 15) is 8.42 Å². The lowest BCUT2D eigenvalue weighted by atomic mass is 9.89. The molecule has 0 N–H and O–H groups in total. The van der Waals surface area contributed by atoms with Crippen LogP contribution in [0, 0.1) is 6.92 Å². The standard InChI is InChI=1S/C18H18N6O3S/c1-12-9-17-19-11-20-24(17)10-14(12)13-5-7-23(8-6-13)28(25,26)16-4-2-3-15-18(16)22-27-21-15/h2-4,9-11,13H,5-8H2,1H3. The second kappa shape index (κ2) is 6.35. The lowest BCUT2D eigenvalue weighted by molar-refractivity contribution is 0.313. The highest BCUT2D eigenvalue weighted by molar-refractivity contribution is 7.89. The maximum atomic E-state index is 13.1. The van der Waals surface area contributed by atoms with Gasteiger partial charge in [-0.2, -0.15) is 9.40 Å². The first-order valence-corrected chi connectivity index (χ1v) is 10.5. The van der Waals surface area contributed by atoms with Gasteiger partial charge in [-0.25, -0.2) is 22.5 Å². The Morgan fingerprint density at radius 1 is 1.18 bits per heavy atom. The van der Waals surface area contributed by atoms with Crippen molar-refractivity contribution in [2.45, 2.75) is 30.6 Å². The highest BCUT2D eigenvalue weighted by Crippen LogP contribution is 2.33. The summed E-state index contributed by atoms with van der Waals surface area (Å²) in [4.78, 5) is 4.35. The van der Waals surface area contributed by atoms with Gasteiger partial charge >= 0.3 is 0 Å². The summed E-state index contributed by atoms with van der Waals surface area (Å²) >= 11 is 0. The first-order chi connectivity index (χ1) is 13.5. The molecule has 4 heterocycles. The van der Waals surface area contributed by atoms with Crippen LogP contribution in [0.4, 0.5) is 0 Å². The molecular weight excluding hydrogens is 380 g/mol. The lowest BCUT2D eigenvalue weighted by Gasteiger charge is -2.32. The molecule has 0 bridgehead atoms. The first-order valence-electron chi connectivity index (χ1n) is 9.05. The molecule has 0 atom stereocenters. The second-order valence-corrected chi connectivity index (χ2v) is 8.95. The number of hydrogen-bond acceptors (Lipinski definition) is 7. The van der Waals surface area contributed by atoms with E-state index in [1.807, 2.05) is 12.3 Å². The minimum atomic E-state index is -3.66. The van der Waals surface area contributed by atoms with E-state index in [-0.39, 0.29) is 16.3 Å². The molecule has 1 aromatic carbocycles. The molecule has 1 fully saturated rings. The van der Waals surface area contributed by atoms with Gasteiger partial charge in [0.25, 0.3) is 0 Å². The summed E-state index contributed by atoms with van der Waals surface area (Å²) in [5.74, 6) is 0.282. The molecule has 5 rings (SSSR count). The quantitative estimate of drug-likeness (QED) is 0.520. The first kappa shape index (κ1) is 17.3. The molecule has 3 aromatic heterocycles. The van der Waals surface area contributed by atoms with Crippen LogP contribution < -0.4 is 0 Å². The summed E-state index contributed by atoms with van der Waals surface area (Å²) < 4.78 is 34.3. The molecule has 144 valence electrons. The number of piperidine rings is 1. The van der Waals surface area contributed by atoms with Crippen molar-refractivity contribution in [3.63, 3.8) is 0 Å². The number of fused-ring (bicyclic) bond motifs is 2. The number of sulfonamides is 1. The van der Waals surface area contributed by atoms with Crippen molar-refractivity contribution in [1.29, 1.82) is 0 Å². The summed E-state index contributed by atoms with van der Waals surface area (Å²) in [7, 11) is -3.66. The highest BCUT2D eigenvalue weighted by atomic mass is 32.2. The molecule has 0 unspecified atom stereocenters. The van der Waals surface area contributed by atoms with E-state index >= 15 is 0 Å². The molecule has 0 radical (unpaired) electrons.